The van der Waals surface area contributed by atoms with Crippen LogP contribution in [0.15, 0.2) is 23.2 Å². The van der Waals surface area contributed by atoms with E-state index < -0.39 is 0 Å². The van der Waals surface area contributed by atoms with Gasteiger partial charge in [-0.3, -0.25) is 4.99 Å². The summed E-state index contributed by atoms with van der Waals surface area (Å²) in [6.45, 7) is 10.2. The summed E-state index contributed by atoms with van der Waals surface area (Å²) in [5, 5.41) is 6.52. The topological polar surface area (TPSA) is 58.1 Å². The van der Waals surface area contributed by atoms with Gasteiger partial charge in [-0.1, -0.05) is 6.07 Å². The van der Waals surface area contributed by atoms with Gasteiger partial charge < -0.3 is 25.0 Å². The van der Waals surface area contributed by atoms with Crippen molar-refractivity contribution in [2.75, 3.05) is 44.9 Å². The number of hydrogen-bond donors (Lipinski definition) is 2. The molecule has 0 saturated carbocycles. The predicted octanol–water partition coefficient (Wildman–Crippen LogP) is 3.15. The zero-order valence-electron chi connectivity index (χ0n) is 17.3. The Balaban J connectivity index is 0.00000392. The van der Waals surface area contributed by atoms with Crippen LogP contribution in [0, 0.1) is 5.82 Å². The Bertz CT molecular complexity index is 608. The smallest absolute Gasteiger partial charge is 0.191 e. The molecule has 0 radical (unpaired) electrons. The monoisotopic (exact) mass is 508 g/mol. The molecule has 1 aromatic carbocycles. The number of nitrogens with one attached hydrogen (secondary N) is 2. The normalized spacial score (nSPS) is 17.8. The summed E-state index contributed by atoms with van der Waals surface area (Å²) in [6, 6.07) is 5.48. The van der Waals surface area contributed by atoms with Gasteiger partial charge in [-0.2, -0.15) is 0 Å². The standard InChI is InChI=1S/C20H33FN4O2.HI/c1-5-25(6-2)19-8-7-16(11-18(19)21)12-23-20(22-4)24-15(3)13-27-17-9-10-26-14-17;/h7-8,11,15,17H,5-6,9-10,12-14H2,1-4H3,(H2,22,23,24);1H. The van der Waals surface area contributed by atoms with Crippen molar-refractivity contribution in [2.45, 2.75) is 45.9 Å². The molecule has 0 aliphatic carbocycles. The van der Waals surface area contributed by atoms with E-state index in [9.17, 15) is 4.39 Å². The summed E-state index contributed by atoms with van der Waals surface area (Å²) in [4.78, 5) is 6.23. The molecular formula is C20H34FIN4O2. The lowest BCUT2D eigenvalue weighted by molar-refractivity contribution is 0.0347. The molecule has 0 amide bonds. The van der Waals surface area contributed by atoms with E-state index in [1.807, 2.05) is 37.8 Å². The second-order valence-corrected chi connectivity index (χ2v) is 6.75. The van der Waals surface area contributed by atoms with E-state index in [-0.39, 0.29) is 41.9 Å². The van der Waals surface area contributed by atoms with E-state index >= 15 is 0 Å². The van der Waals surface area contributed by atoms with Gasteiger partial charge in [0.05, 0.1) is 25.0 Å². The fraction of sp³-hybridized carbons (Fsp3) is 0.650. The van der Waals surface area contributed by atoms with Crippen molar-refractivity contribution in [1.82, 2.24) is 10.6 Å². The van der Waals surface area contributed by atoms with E-state index in [1.54, 1.807) is 13.1 Å². The first-order valence-electron chi connectivity index (χ1n) is 9.77. The van der Waals surface area contributed by atoms with E-state index in [1.165, 1.54) is 0 Å². The van der Waals surface area contributed by atoms with Crippen LogP contribution in [-0.4, -0.2) is 58.1 Å². The van der Waals surface area contributed by atoms with Crippen LogP contribution >= 0.6 is 24.0 Å². The molecule has 1 fully saturated rings. The van der Waals surface area contributed by atoms with Crippen molar-refractivity contribution in [3.63, 3.8) is 0 Å². The molecule has 1 aromatic rings. The van der Waals surface area contributed by atoms with E-state index in [0.717, 1.165) is 31.7 Å². The molecule has 2 rings (SSSR count). The summed E-state index contributed by atoms with van der Waals surface area (Å²) in [7, 11) is 1.72. The van der Waals surface area contributed by atoms with Gasteiger partial charge in [0.25, 0.3) is 0 Å². The van der Waals surface area contributed by atoms with Gasteiger partial charge in [0.15, 0.2) is 5.96 Å². The molecule has 2 atom stereocenters. The Labute approximate surface area is 185 Å². The summed E-state index contributed by atoms with van der Waals surface area (Å²) in [6.07, 6.45) is 1.14. The number of halogens is 2. The lowest BCUT2D eigenvalue weighted by Crippen LogP contribution is -2.44. The fourth-order valence-corrected chi connectivity index (χ4v) is 3.06. The minimum atomic E-state index is -0.193. The SMILES string of the molecule is CCN(CC)c1ccc(CNC(=NC)NC(C)COC2CCOC2)cc1F.I. The Morgan fingerprint density at radius 2 is 2.14 bits per heavy atom. The Hall–Kier alpha value is -1.13. The molecular weight excluding hydrogens is 474 g/mol. The van der Waals surface area contributed by atoms with Crippen molar-refractivity contribution < 1.29 is 13.9 Å². The number of anilines is 1. The van der Waals surface area contributed by atoms with Crippen LogP contribution in [0.25, 0.3) is 0 Å². The summed E-state index contributed by atoms with van der Waals surface area (Å²) < 4.78 is 25.5. The van der Waals surface area contributed by atoms with Crippen LogP contribution in [0.2, 0.25) is 0 Å². The minimum Gasteiger partial charge on any atom is -0.379 e. The highest BCUT2D eigenvalue weighted by atomic mass is 127. The first kappa shape index (κ1) is 24.9. The van der Waals surface area contributed by atoms with Crippen LogP contribution < -0.4 is 15.5 Å². The number of aliphatic imine (C=N–C) groups is 1. The zero-order chi connectivity index (χ0) is 19.6. The second kappa shape index (κ2) is 13.2. The molecule has 1 heterocycles. The summed E-state index contributed by atoms with van der Waals surface area (Å²) in [5.41, 5.74) is 1.52. The maximum Gasteiger partial charge on any atom is 0.191 e. The highest BCUT2D eigenvalue weighted by Gasteiger charge is 2.17. The molecule has 1 aliphatic rings. The third-order valence-corrected chi connectivity index (χ3v) is 4.65. The molecule has 2 unspecified atom stereocenters. The van der Waals surface area contributed by atoms with Gasteiger partial charge in [-0.25, -0.2) is 4.39 Å². The van der Waals surface area contributed by atoms with E-state index in [0.29, 0.717) is 31.4 Å². The van der Waals surface area contributed by atoms with Crippen molar-refractivity contribution in [3.8, 4) is 0 Å². The van der Waals surface area contributed by atoms with Gasteiger partial charge in [0.1, 0.15) is 5.82 Å². The van der Waals surface area contributed by atoms with Crippen molar-refractivity contribution in [3.05, 3.63) is 29.6 Å². The predicted molar refractivity (Wildman–Crippen MR) is 123 cm³/mol. The Morgan fingerprint density at radius 3 is 2.71 bits per heavy atom. The number of rotatable bonds is 9. The van der Waals surface area contributed by atoms with Crippen LogP contribution in [0.3, 0.4) is 0 Å². The first-order valence-corrected chi connectivity index (χ1v) is 9.77. The van der Waals surface area contributed by atoms with Gasteiger partial charge >= 0.3 is 0 Å². The first-order chi connectivity index (χ1) is 13.1. The zero-order valence-corrected chi connectivity index (χ0v) is 19.7. The van der Waals surface area contributed by atoms with Crippen LogP contribution in [0.4, 0.5) is 10.1 Å². The number of hydrogen-bond acceptors (Lipinski definition) is 4. The van der Waals surface area contributed by atoms with Crippen molar-refractivity contribution in [1.29, 1.82) is 0 Å². The molecule has 0 bridgehead atoms. The minimum absolute atomic E-state index is 0. The number of guanidine groups is 1. The molecule has 160 valence electrons. The van der Waals surface area contributed by atoms with E-state index in [4.69, 9.17) is 9.47 Å². The number of nitrogens with zero attached hydrogens (tertiary/aromatic N) is 2. The maximum absolute atomic E-state index is 14.4. The average Bonchev–Trinajstić information content (AvgIpc) is 3.19. The third-order valence-electron chi connectivity index (χ3n) is 4.65. The molecule has 0 aromatic heterocycles. The Morgan fingerprint density at radius 1 is 1.39 bits per heavy atom. The Kier molecular flexibility index (Phi) is 11.7. The average molecular weight is 508 g/mol. The van der Waals surface area contributed by atoms with Crippen LogP contribution in [-0.2, 0) is 16.0 Å². The van der Waals surface area contributed by atoms with Gasteiger partial charge in [-0.15, -0.1) is 24.0 Å². The molecule has 2 N–H and O–H groups in total. The van der Waals surface area contributed by atoms with Crippen molar-refractivity contribution in [2.24, 2.45) is 4.99 Å². The van der Waals surface area contributed by atoms with Crippen molar-refractivity contribution >= 4 is 35.6 Å². The molecule has 8 heteroatoms. The molecule has 1 aliphatic heterocycles. The van der Waals surface area contributed by atoms with Gasteiger partial charge in [0.2, 0.25) is 0 Å². The molecule has 6 nitrogen and oxygen atoms in total. The molecule has 0 spiro atoms. The molecule has 1 saturated heterocycles. The van der Waals surface area contributed by atoms with Gasteiger partial charge in [-0.05, 0) is 44.9 Å². The fourth-order valence-electron chi connectivity index (χ4n) is 3.06. The lowest BCUT2D eigenvalue weighted by Gasteiger charge is -2.22. The summed E-state index contributed by atoms with van der Waals surface area (Å²) in [5.74, 6) is 0.475. The quantitative estimate of drug-likeness (QED) is 0.305. The van der Waals surface area contributed by atoms with Gasteiger partial charge in [0, 0.05) is 39.3 Å². The molecule has 28 heavy (non-hydrogen) atoms. The summed E-state index contributed by atoms with van der Waals surface area (Å²) >= 11 is 0. The maximum atomic E-state index is 14.4. The lowest BCUT2D eigenvalue weighted by atomic mass is 10.2. The van der Waals surface area contributed by atoms with Crippen LogP contribution in [0.1, 0.15) is 32.8 Å². The largest absolute Gasteiger partial charge is 0.379 e. The van der Waals surface area contributed by atoms with Crippen LogP contribution in [0.5, 0.6) is 0 Å². The number of benzene rings is 1. The number of ether oxygens (including phenoxy) is 2. The highest BCUT2D eigenvalue weighted by molar-refractivity contribution is 14.0. The second-order valence-electron chi connectivity index (χ2n) is 6.75. The third kappa shape index (κ3) is 7.71. The van der Waals surface area contributed by atoms with E-state index in [2.05, 4.69) is 15.6 Å². The highest BCUT2D eigenvalue weighted by Crippen LogP contribution is 2.20.